The first-order chi connectivity index (χ1) is 12.1. The Morgan fingerprint density at radius 3 is 2.76 bits per heavy atom. The number of benzene rings is 1. The minimum atomic E-state index is -0.632. The number of para-hydroxylation sites is 1. The zero-order valence-corrected chi connectivity index (χ0v) is 14.4. The molecule has 0 unspecified atom stereocenters. The monoisotopic (exact) mass is 355 g/mol. The molecule has 128 valence electrons. The van der Waals surface area contributed by atoms with Gasteiger partial charge in [0.1, 0.15) is 0 Å². The van der Waals surface area contributed by atoms with Crippen LogP contribution in [-0.4, -0.2) is 20.9 Å². The Balaban J connectivity index is 1.69. The number of nitrogens with two attached hydrogens (primary N) is 1. The van der Waals surface area contributed by atoms with Gasteiger partial charge in [-0.1, -0.05) is 18.2 Å². The van der Waals surface area contributed by atoms with Crippen LogP contribution in [-0.2, 0) is 16.0 Å². The molecule has 0 amide bonds. The zero-order valence-electron chi connectivity index (χ0n) is 13.5. The van der Waals surface area contributed by atoms with Gasteiger partial charge in [0.05, 0.1) is 6.42 Å². The van der Waals surface area contributed by atoms with E-state index in [1.165, 1.54) is 11.3 Å². The fourth-order valence-corrected chi connectivity index (χ4v) is 2.82. The average Bonchev–Trinajstić information content (AvgIpc) is 3.08. The van der Waals surface area contributed by atoms with Crippen LogP contribution in [0.4, 0.5) is 17.6 Å². The van der Waals surface area contributed by atoms with E-state index in [9.17, 15) is 4.79 Å². The van der Waals surface area contributed by atoms with Crippen molar-refractivity contribution in [2.24, 2.45) is 0 Å². The summed E-state index contributed by atoms with van der Waals surface area (Å²) in [6, 6.07) is 11.3. The molecule has 0 radical (unpaired) electrons. The molecule has 2 aromatic heterocycles. The molecule has 1 aromatic carbocycles. The Labute approximate surface area is 148 Å². The summed E-state index contributed by atoms with van der Waals surface area (Å²) in [6.45, 7) is 1.70. The Morgan fingerprint density at radius 1 is 1.24 bits per heavy atom. The topological polar surface area (TPSA) is 103 Å². The first kappa shape index (κ1) is 16.8. The number of esters is 1. The van der Waals surface area contributed by atoms with E-state index in [0.717, 1.165) is 11.3 Å². The van der Waals surface area contributed by atoms with Crippen LogP contribution in [0.15, 0.2) is 47.2 Å². The first-order valence-corrected chi connectivity index (χ1v) is 8.58. The largest absolute Gasteiger partial charge is 0.454 e. The molecule has 0 fully saturated rings. The lowest BCUT2D eigenvalue weighted by Gasteiger charge is -2.13. The normalized spacial score (nSPS) is 11.7. The van der Waals surface area contributed by atoms with E-state index >= 15 is 0 Å². The quantitative estimate of drug-likeness (QED) is 0.655. The molecular weight excluding hydrogens is 338 g/mol. The Hall–Kier alpha value is -3.00. The van der Waals surface area contributed by atoms with E-state index < -0.39 is 6.10 Å². The smallest absolute Gasteiger partial charge is 0.311 e. The zero-order chi connectivity index (χ0) is 17.6. The van der Waals surface area contributed by atoms with Crippen molar-refractivity contribution in [2.75, 3.05) is 11.1 Å². The molecule has 0 aliphatic heterocycles. The highest BCUT2D eigenvalue weighted by molar-refractivity contribution is 7.07. The molecule has 25 heavy (non-hydrogen) atoms. The number of nitrogen functional groups attached to an aromatic ring is 1. The second kappa shape index (κ2) is 7.71. The third-order valence-electron chi connectivity index (χ3n) is 3.30. The number of rotatable bonds is 6. The van der Waals surface area contributed by atoms with Gasteiger partial charge in [0.2, 0.25) is 11.9 Å². The van der Waals surface area contributed by atoms with Crippen molar-refractivity contribution < 1.29 is 9.53 Å². The van der Waals surface area contributed by atoms with Crippen LogP contribution in [0.2, 0.25) is 0 Å². The molecule has 0 spiro atoms. The second-order valence-corrected chi connectivity index (χ2v) is 6.09. The van der Waals surface area contributed by atoms with Crippen LogP contribution in [0.25, 0.3) is 0 Å². The number of hydrogen-bond donors (Lipinski definition) is 2. The fraction of sp³-hybridized carbons (Fsp3) is 0.176. The molecule has 3 N–H and O–H groups in total. The molecule has 3 rings (SSSR count). The number of hydrogen-bond acceptors (Lipinski definition) is 8. The average molecular weight is 355 g/mol. The molecule has 0 aliphatic rings. The number of aromatic nitrogens is 3. The van der Waals surface area contributed by atoms with E-state index in [4.69, 9.17) is 10.5 Å². The van der Waals surface area contributed by atoms with Crippen LogP contribution < -0.4 is 11.1 Å². The number of carbonyl (C=O) groups is 1. The molecule has 2 heterocycles. The number of ether oxygens (including phenoxy) is 1. The summed E-state index contributed by atoms with van der Waals surface area (Å²) in [4.78, 5) is 24.4. The highest BCUT2D eigenvalue weighted by Crippen LogP contribution is 2.18. The maximum absolute atomic E-state index is 12.0. The lowest BCUT2D eigenvalue weighted by Crippen LogP contribution is -2.15. The summed E-state index contributed by atoms with van der Waals surface area (Å²) in [5.74, 6) is 0.311. The van der Waals surface area contributed by atoms with Crippen LogP contribution in [0.5, 0.6) is 0 Å². The van der Waals surface area contributed by atoms with E-state index in [-0.39, 0.29) is 18.3 Å². The second-order valence-electron chi connectivity index (χ2n) is 5.31. The number of thiophene rings is 1. The van der Waals surface area contributed by atoms with E-state index in [1.54, 1.807) is 6.92 Å². The SMILES string of the molecule is C[C@H](OC(=O)Cc1ccsc1)c1nc(N)nc(Nc2ccccc2)n1. The third-order valence-corrected chi connectivity index (χ3v) is 4.03. The number of anilines is 3. The number of nitrogens with one attached hydrogen (secondary N) is 1. The molecule has 8 heteroatoms. The van der Waals surface area contributed by atoms with Crippen LogP contribution in [0.1, 0.15) is 24.4 Å². The highest BCUT2D eigenvalue weighted by atomic mass is 32.1. The minimum absolute atomic E-state index is 0.0594. The van der Waals surface area contributed by atoms with Crippen molar-refractivity contribution in [3.63, 3.8) is 0 Å². The van der Waals surface area contributed by atoms with Crippen molar-refractivity contribution in [1.29, 1.82) is 0 Å². The van der Waals surface area contributed by atoms with Crippen LogP contribution >= 0.6 is 11.3 Å². The van der Waals surface area contributed by atoms with E-state index in [2.05, 4.69) is 20.3 Å². The Kier molecular flexibility index (Phi) is 5.20. The van der Waals surface area contributed by atoms with Crippen LogP contribution in [0, 0.1) is 0 Å². The summed E-state index contributed by atoms with van der Waals surface area (Å²) in [5.41, 5.74) is 7.49. The lowest BCUT2D eigenvalue weighted by atomic mass is 10.2. The molecule has 3 aromatic rings. The summed E-state index contributed by atoms with van der Waals surface area (Å²) >= 11 is 1.54. The Bertz CT molecular complexity index is 840. The van der Waals surface area contributed by atoms with Crippen molar-refractivity contribution in [3.8, 4) is 0 Å². The van der Waals surface area contributed by atoms with Gasteiger partial charge in [-0.3, -0.25) is 4.79 Å². The molecule has 0 bridgehead atoms. The van der Waals surface area contributed by atoms with Crippen LogP contribution in [0.3, 0.4) is 0 Å². The molecule has 0 saturated heterocycles. The maximum atomic E-state index is 12.0. The molecular formula is C17H17N5O2S. The predicted octanol–water partition coefficient (Wildman–Crippen LogP) is 3.11. The van der Waals surface area contributed by atoms with Crippen molar-refractivity contribution in [1.82, 2.24) is 15.0 Å². The lowest BCUT2D eigenvalue weighted by molar-refractivity contribution is -0.148. The van der Waals surface area contributed by atoms with Gasteiger partial charge in [-0.05, 0) is 41.4 Å². The van der Waals surface area contributed by atoms with Gasteiger partial charge >= 0.3 is 5.97 Å². The van der Waals surface area contributed by atoms with Crippen molar-refractivity contribution in [2.45, 2.75) is 19.4 Å². The van der Waals surface area contributed by atoms with Gasteiger partial charge < -0.3 is 15.8 Å². The fourth-order valence-electron chi connectivity index (χ4n) is 2.15. The standard InChI is InChI=1S/C17H17N5O2S/c1-11(24-14(23)9-12-7-8-25-10-12)15-20-16(18)22-17(21-15)19-13-5-3-2-4-6-13/h2-8,10-11H,9H2,1H3,(H3,18,19,20,21,22)/t11-/m0/s1. The predicted molar refractivity (Wildman–Crippen MR) is 96.5 cm³/mol. The first-order valence-electron chi connectivity index (χ1n) is 7.64. The van der Waals surface area contributed by atoms with Gasteiger partial charge in [0.25, 0.3) is 0 Å². The molecule has 7 nitrogen and oxygen atoms in total. The summed E-state index contributed by atoms with van der Waals surface area (Å²) < 4.78 is 5.40. The molecule has 0 saturated carbocycles. The minimum Gasteiger partial charge on any atom is -0.454 e. The maximum Gasteiger partial charge on any atom is 0.311 e. The number of nitrogens with zero attached hydrogens (tertiary/aromatic N) is 3. The summed E-state index contributed by atoms with van der Waals surface area (Å²) in [7, 11) is 0. The van der Waals surface area contributed by atoms with Crippen molar-refractivity contribution >= 4 is 34.9 Å². The van der Waals surface area contributed by atoms with Gasteiger partial charge in [-0.2, -0.15) is 26.3 Å². The molecule has 0 aliphatic carbocycles. The Morgan fingerprint density at radius 2 is 2.04 bits per heavy atom. The summed E-state index contributed by atoms with van der Waals surface area (Å²) in [5, 5.41) is 6.88. The third kappa shape index (κ3) is 4.74. The van der Waals surface area contributed by atoms with Gasteiger partial charge in [-0.15, -0.1) is 0 Å². The highest BCUT2D eigenvalue weighted by Gasteiger charge is 2.17. The van der Waals surface area contributed by atoms with Gasteiger partial charge in [-0.25, -0.2) is 0 Å². The van der Waals surface area contributed by atoms with E-state index in [0.29, 0.717) is 11.8 Å². The van der Waals surface area contributed by atoms with Gasteiger partial charge in [0.15, 0.2) is 11.9 Å². The molecule has 1 atom stereocenters. The van der Waals surface area contributed by atoms with E-state index in [1.807, 2.05) is 47.2 Å². The number of carbonyl (C=O) groups excluding carboxylic acids is 1. The van der Waals surface area contributed by atoms with Gasteiger partial charge in [0, 0.05) is 5.69 Å². The summed E-state index contributed by atoms with van der Waals surface area (Å²) in [6.07, 6.45) is -0.420. The van der Waals surface area contributed by atoms with Crippen molar-refractivity contribution in [3.05, 3.63) is 58.5 Å².